The molecular formula is C25H31ClFN5O2. The van der Waals surface area contributed by atoms with Crippen LogP contribution in [0.1, 0.15) is 49.7 Å². The van der Waals surface area contributed by atoms with Gasteiger partial charge in [-0.15, -0.1) is 5.10 Å². The molecule has 1 N–H and O–H groups in total. The first-order valence-corrected chi connectivity index (χ1v) is 12.1. The van der Waals surface area contributed by atoms with Crippen LogP contribution in [0.25, 0.3) is 0 Å². The molecule has 1 aliphatic heterocycles. The smallest absolute Gasteiger partial charge is 0.168 e. The maximum absolute atomic E-state index is 13.6. The molecule has 0 amide bonds. The Labute approximate surface area is 204 Å². The third-order valence-corrected chi connectivity index (χ3v) is 6.15. The molecule has 2 heterocycles. The van der Waals surface area contributed by atoms with E-state index in [4.69, 9.17) is 21.1 Å². The van der Waals surface area contributed by atoms with Gasteiger partial charge in [-0.1, -0.05) is 29.8 Å². The summed E-state index contributed by atoms with van der Waals surface area (Å²) in [5, 5.41) is 16.9. The fraction of sp³-hybridized carbons (Fsp3) is 0.480. The van der Waals surface area contributed by atoms with E-state index in [0.29, 0.717) is 31.1 Å². The first-order valence-electron chi connectivity index (χ1n) is 11.8. The summed E-state index contributed by atoms with van der Waals surface area (Å²) in [6.45, 7) is 6.53. The number of nitrogens with one attached hydrogen (secondary N) is 1. The van der Waals surface area contributed by atoms with Gasteiger partial charge in [-0.2, -0.15) is 0 Å². The van der Waals surface area contributed by atoms with Crippen LogP contribution in [0.3, 0.4) is 0 Å². The maximum atomic E-state index is 13.6. The molecule has 1 fully saturated rings. The van der Waals surface area contributed by atoms with E-state index in [0.717, 1.165) is 42.1 Å². The first kappa shape index (κ1) is 24.6. The van der Waals surface area contributed by atoms with Crippen LogP contribution in [-0.2, 0) is 24.2 Å². The molecule has 182 valence electrons. The molecule has 0 saturated carbocycles. The second kappa shape index (κ2) is 11.7. The third kappa shape index (κ3) is 6.52. The van der Waals surface area contributed by atoms with Crippen molar-refractivity contribution < 1.29 is 13.9 Å². The van der Waals surface area contributed by atoms with Gasteiger partial charge in [0.1, 0.15) is 11.6 Å². The van der Waals surface area contributed by atoms with Gasteiger partial charge >= 0.3 is 0 Å². The van der Waals surface area contributed by atoms with Gasteiger partial charge in [0.05, 0.1) is 18.8 Å². The van der Waals surface area contributed by atoms with E-state index in [-0.39, 0.29) is 23.9 Å². The largest absolute Gasteiger partial charge is 0.491 e. The molecule has 1 aromatic heterocycles. The van der Waals surface area contributed by atoms with Crippen LogP contribution >= 0.6 is 11.6 Å². The number of hydrogen-bond acceptors (Lipinski definition) is 6. The quantitative estimate of drug-likeness (QED) is 0.444. The lowest BCUT2D eigenvalue weighted by molar-refractivity contribution is 0.0365. The normalized spacial score (nSPS) is 17.1. The SMILES string of the molecule is CC(C)Oc1cc(Cl)ccc1CNC(c1nnnn1CCc1cccc(F)c1)C1CCCOC1. The van der Waals surface area contributed by atoms with Gasteiger partial charge in [-0.3, -0.25) is 0 Å². The second-order valence-corrected chi connectivity index (χ2v) is 9.33. The number of hydrogen-bond donors (Lipinski definition) is 1. The minimum absolute atomic E-state index is 0.0369. The van der Waals surface area contributed by atoms with E-state index >= 15 is 0 Å². The molecule has 0 bridgehead atoms. The average Bonchev–Trinajstić information content (AvgIpc) is 3.28. The van der Waals surface area contributed by atoms with E-state index in [2.05, 4.69) is 20.8 Å². The highest BCUT2D eigenvalue weighted by Crippen LogP contribution is 2.30. The van der Waals surface area contributed by atoms with Crippen LogP contribution in [0.2, 0.25) is 5.02 Å². The van der Waals surface area contributed by atoms with Crippen molar-refractivity contribution in [1.82, 2.24) is 25.5 Å². The van der Waals surface area contributed by atoms with E-state index in [1.807, 2.05) is 42.8 Å². The van der Waals surface area contributed by atoms with Crippen LogP contribution in [-0.4, -0.2) is 39.5 Å². The number of ether oxygens (including phenoxy) is 2. The monoisotopic (exact) mass is 487 g/mol. The summed E-state index contributed by atoms with van der Waals surface area (Å²) in [7, 11) is 0. The van der Waals surface area contributed by atoms with Gasteiger partial charge in [-0.05, 0) is 73.4 Å². The van der Waals surface area contributed by atoms with E-state index in [9.17, 15) is 4.39 Å². The zero-order valence-electron chi connectivity index (χ0n) is 19.6. The van der Waals surface area contributed by atoms with Crippen LogP contribution < -0.4 is 10.1 Å². The van der Waals surface area contributed by atoms with Crippen LogP contribution in [0.5, 0.6) is 5.75 Å². The Morgan fingerprint density at radius 1 is 1.26 bits per heavy atom. The standard InChI is InChI=1S/C25H31ClFN5O2/c1-17(2)34-23-14-21(26)9-8-19(23)15-28-24(20-6-4-12-33-16-20)25-29-30-31-32(25)11-10-18-5-3-7-22(27)13-18/h3,5,7-9,13-14,17,20,24,28H,4,6,10-12,15-16H2,1-2H3. The molecule has 2 unspecified atom stereocenters. The predicted octanol–water partition coefficient (Wildman–Crippen LogP) is 4.75. The van der Waals surface area contributed by atoms with Crippen molar-refractivity contribution in [3.63, 3.8) is 0 Å². The summed E-state index contributed by atoms with van der Waals surface area (Å²) in [6, 6.07) is 12.2. The molecule has 0 spiro atoms. The van der Waals surface area contributed by atoms with Crippen molar-refractivity contribution in [1.29, 1.82) is 0 Å². The summed E-state index contributed by atoms with van der Waals surface area (Å²) in [4.78, 5) is 0. The molecule has 7 nitrogen and oxygen atoms in total. The summed E-state index contributed by atoms with van der Waals surface area (Å²) < 4.78 is 27.2. The summed E-state index contributed by atoms with van der Waals surface area (Å²) >= 11 is 6.21. The number of halogens is 2. The van der Waals surface area contributed by atoms with Crippen molar-refractivity contribution >= 4 is 11.6 Å². The Morgan fingerprint density at radius 2 is 2.15 bits per heavy atom. The molecule has 2 atom stereocenters. The molecule has 2 aromatic carbocycles. The predicted molar refractivity (Wildman–Crippen MR) is 128 cm³/mol. The van der Waals surface area contributed by atoms with Gasteiger partial charge < -0.3 is 14.8 Å². The average molecular weight is 488 g/mol. The number of nitrogens with zero attached hydrogens (tertiary/aromatic N) is 4. The van der Waals surface area contributed by atoms with Crippen LogP contribution in [0, 0.1) is 11.7 Å². The zero-order valence-corrected chi connectivity index (χ0v) is 20.3. The Morgan fingerprint density at radius 3 is 2.91 bits per heavy atom. The molecule has 3 aromatic rings. The first-order chi connectivity index (χ1) is 16.5. The van der Waals surface area contributed by atoms with Gasteiger partial charge in [0.2, 0.25) is 0 Å². The Hall–Kier alpha value is -2.55. The van der Waals surface area contributed by atoms with Crippen molar-refractivity contribution in [2.45, 2.75) is 58.3 Å². The minimum atomic E-state index is -0.240. The molecule has 0 aliphatic carbocycles. The van der Waals surface area contributed by atoms with Gasteiger partial charge in [0, 0.05) is 36.2 Å². The Kier molecular flexibility index (Phi) is 8.48. The molecular weight excluding hydrogens is 457 g/mol. The summed E-state index contributed by atoms with van der Waals surface area (Å²) in [6.07, 6.45) is 2.68. The van der Waals surface area contributed by atoms with Crippen molar-refractivity contribution in [2.24, 2.45) is 5.92 Å². The lowest BCUT2D eigenvalue weighted by atomic mass is 9.92. The Balaban J connectivity index is 1.53. The van der Waals surface area contributed by atoms with Crippen LogP contribution in [0.15, 0.2) is 42.5 Å². The zero-order chi connectivity index (χ0) is 23.9. The van der Waals surface area contributed by atoms with Crippen molar-refractivity contribution in [3.05, 3.63) is 70.3 Å². The fourth-order valence-corrected chi connectivity index (χ4v) is 4.44. The topological polar surface area (TPSA) is 74.1 Å². The number of benzene rings is 2. The lowest BCUT2D eigenvalue weighted by Gasteiger charge is -2.30. The highest BCUT2D eigenvalue weighted by molar-refractivity contribution is 6.30. The number of rotatable bonds is 10. The highest BCUT2D eigenvalue weighted by Gasteiger charge is 2.30. The molecule has 9 heteroatoms. The van der Waals surface area contributed by atoms with Gasteiger partial charge in [0.15, 0.2) is 5.82 Å². The van der Waals surface area contributed by atoms with Gasteiger partial charge in [-0.25, -0.2) is 9.07 Å². The maximum Gasteiger partial charge on any atom is 0.168 e. The minimum Gasteiger partial charge on any atom is -0.491 e. The van der Waals surface area contributed by atoms with E-state index in [1.54, 1.807) is 12.1 Å². The van der Waals surface area contributed by atoms with Gasteiger partial charge in [0.25, 0.3) is 0 Å². The van der Waals surface area contributed by atoms with E-state index in [1.165, 1.54) is 6.07 Å². The number of tetrazole rings is 1. The van der Waals surface area contributed by atoms with E-state index < -0.39 is 0 Å². The second-order valence-electron chi connectivity index (χ2n) is 8.89. The molecule has 4 rings (SSSR count). The molecule has 0 radical (unpaired) electrons. The summed E-state index contributed by atoms with van der Waals surface area (Å²) in [5.41, 5.74) is 1.92. The number of aromatic nitrogens is 4. The van der Waals surface area contributed by atoms with Crippen molar-refractivity contribution in [2.75, 3.05) is 13.2 Å². The molecule has 1 saturated heterocycles. The highest BCUT2D eigenvalue weighted by atomic mass is 35.5. The molecule has 1 aliphatic rings. The fourth-order valence-electron chi connectivity index (χ4n) is 4.28. The lowest BCUT2D eigenvalue weighted by Crippen LogP contribution is -2.35. The number of aryl methyl sites for hydroxylation is 2. The van der Waals surface area contributed by atoms with Crippen LogP contribution in [0.4, 0.5) is 4.39 Å². The molecule has 34 heavy (non-hydrogen) atoms. The summed E-state index contributed by atoms with van der Waals surface area (Å²) in [5.74, 6) is 1.51. The third-order valence-electron chi connectivity index (χ3n) is 5.91. The van der Waals surface area contributed by atoms with Crippen molar-refractivity contribution in [3.8, 4) is 5.75 Å². The Bertz CT molecular complexity index is 1070.